The molecule has 0 bridgehead atoms. The molecule has 2 aromatic rings. The Morgan fingerprint density at radius 2 is 2.15 bits per heavy atom. The van der Waals surface area contributed by atoms with E-state index in [0.717, 1.165) is 5.75 Å². The Balaban J connectivity index is 1.71. The summed E-state index contributed by atoms with van der Waals surface area (Å²) in [7, 11) is 0. The Hall–Kier alpha value is -2.12. The monoisotopic (exact) mass is 282 g/mol. The molecular weight excluding hydrogens is 268 g/mol. The van der Waals surface area contributed by atoms with Gasteiger partial charge in [-0.3, -0.25) is 0 Å². The van der Waals surface area contributed by atoms with Gasteiger partial charge in [0.05, 0.1) is 23.9 Å². The van der Waals surface area contributed by atoms with Crippen molar-refractivity contribution in [3.8, 4) is 11.8 Å². The SMILES string of the molecule is N#Cc1ccc(OCC2CSc3ccccc32)c(N)c1. The molecular formula is C16H14N2OS. The topological polar surface area (TPSA) is 59.0 Å². The van der Waals surface area contributed by atoms with Gasteiger partial charge >= 0.3 is 0 Å². The molecule has 1 atom stereocenters. The summed E-state index contributed by atoms with van der Waals surface area (Å²) in [5.41, 5.74) is 8.32. The summed E-state index contributed by atoms with van der Waals surface area (Å²) in [4.78, 5) is 1.34. The third-order valence-corrected chi connectivity index (χ3v) is 4.63. The van der Waals surface area contributed by atoms with Crippen molar-refractivity contribution in [2.24, 2.45) is 0 Å². The van der Waals surface area contributed by atoms with Crippen molar-refractivity contribution in [3.05, 3.63) is 53.6 Å². The van der Waals surface area contributed by atoms with Crippen LogP contribution >= 0.6 is 11.8 Å². The summed E-state index contributed by atoms with van der Waals surface area (Å²) in [5.74, 6) is 2.08. The minimum absolute atomic E-state index is 0.395. The van der Waals surface area contributed by atoms with Crippen LogP contribution < -0.4 is 10.5 Å². The first kappa shape index (κ1) is 12.9. The molecule has 4 heteroatoms. The van der Waals surface area contributed by atoms with Gasteiger partial charge in [-0.1, -0.05) is 18.2 Å². The minimum Gasteiger partial charge on any atom is -0.491 e. The lowest BCUT2D eigenvalue weighted by Crippen LogP contribution is -2.10. The number of fused-ring (bicyclic) bond motifs is 1. The molecule has 1 aliphatic heterocycles. The highest BCUT2D eigenvalue weighted by molar-refractivity contribution is 7.99. The maximum atomic E-state index is 8.82. The summed E-state index contributed by atoms with van der Waals surface area (Å²) < 4.78 is 5.83. The lowest BCUT2D eigenvalue weighted by atomic mass is 10.0. The Bertz CT molecular complexity index is 678. The number of nitrogens with two attached hydrogens (primary N) is 1. The van der Waals surface area contributed by atoms with E-state index in [9.17, 15) is 0 Å². The largest absolute Gasteiger partial charge is 0.491 e. The fourth-order valence-electron chi connectivity index (χ4n) is 2.31. The van der Waals surface area contributed by atoms with E-state index in [1.165, 1.54) is 10.5 Å². The maximum Gasteiger partial charge on any atom is 0.142 e. The van der Waals surface area contributed by atoms with E-state index in [4.69, 9.17) is 15.7 Å². The fourth-order valence-corrected chi connectivity index (χ4v) is 3.54. The molecule has 2 aromatic carbocycles. The first-order chi connectivity index (χ1) is 9.78. The first-order valence-electron chi connectivity index (χ1n) is 6.42. The van der Waals surface area contributed by atoms with Gasteiger partial charge in [-0.15, -0.1) is 11.8 Å². The van der Waals surface area contributed by atoms with Crippen molar-refractivity contribution < 1.29 is 4.74 Å². The number of ether oxygens (including phenoxy) is 1. The molecule has 1 unspecified atom stereocenters. The molecule has 20 heavy (non-hydrogen) atoms. The van der Waals surface area contributed by atoms with Gasteiger partial charge in [0.1, 0.15) is 5.75 Å². The summed E-state index contributed by atoms with van der Waals surface area (Å²) in [6, 6.07) is 15.6. The third-order valence-electron chi connectivity index (χ3n) is 3.38. The number of thioether (sulfide) groups is 1. The lowest BCUT2D eigenvalue weighted by molar-refractivity contribution is 0.299. The van der Waals surface area contributed by atoms with E-state index < -0.39 is 0 Å². The van der Waals surface area contributed by atoms with E-state index in [0.29, 0.717) is 29.5 Å². The Morgan fingerprint density at radius 1 is 1.30 bits per heavy atom. The standard InChI is InChI=1S/C16H14N2OS/c17-8-11-5-6-15(14(18)7-11)19-9-12-10-20-16-4-2-1-3-13(12)16/h1-7,12H,9-10,18H2. The van der Waals surface area contributed by atoms with Crippen molar-refractivity contribution >= 4 is 17.4 Å². The van der Waals surface area contributed by atoms with Gasteiger partial charge in [-0.2, -0.15) is 5.26 Å². The normalized spacial score (nSPS) is 16.4. The Kier molecular flexibility index (Phi) is 3.53. The third kappa shape index (κ3) is 2.45. The van der Waals surface area contributed by atoms with Crippen molar-refractivity contribution in [2.75, 3.05) is 18.1 Å². The highest BCUT2D eigenvalue weighted by atomic mass is 32.2. The molecule has 2 N–H and O–H groups in total. The van der Waals surface area contributed by atoms with Crippen LogP contribution in [-0.2, 0) is 0 Å². The lowest BCUT2D eigenvalue weighted by Gasteiger charge is -2.14. The molecule has 0 aliphatic carbocycles. The Labute approximate surface area is 122 Å². The van der Waals surface area contributed by atoms with E-state index in [2.05, 4.69) is 30.3 Å². The molecule has 0 aromatic heterocycles. The summed E-state index contributed by atoms with van der Waals surface area (Å²) in [5, 5.41) is 8.82. The zero-order chi connectivity index (χ0) is 13.9. The second-order valence-corrected chi connectivity index (χ2v) is 5.78. The van der Waals surface area contributed by atoms with Crippen LogP contribution in [0.5, 0.6) is 5.75 Å². The van der Waals surface area contributed by atoms with E-state index in [1.54, 1.807) is 18.2 Å². The number of anilines is 1. The number of hydrogen-bond acceptors (Lipinski definition) is 4. The molecule has 0 saturated heterocycles. The van der Waals surface area contributed by atoms with Crippen molar-refractivity contribution in [1.82, 2.24) is 0 Å². The summed E-state index contributed by atoms with van der Waals surface area (Å²) >= 11 is 1.87. The second-order valence-electron chi connectivity index (χ2n) is 4.72. The van der Waals surface area contributed by atoms with Gasteiger partial charge in [0.25, 0.3) is 0 Å². The fraction of sp³-hybridized carbons (Fsp3) is 0.188. The highest BCUT2D eigenvalue weighted by Gasteiger charge is 2.23. The number of rotatable bonds is 3. The van der Waals surface area contributed by atoms with Gasteiger partial charge in [0.2, 0.25) is 0 Å². The molecule has 1 aliphatic rings. The molecule has 0 saturated carbocycles. The van der Waals surface area contributed by atoms with Gasteiger partial charge in [0.15, 0.2) is 0 Å². The molecule has 0 amide bonds. The predicted octanol–water partition coefficient (Wildman–Crippen LogP) is 3.41. The molecule has 0 spiro atoms. The molecule has 100 valence electrons. The van der Waals surface area contributed by atoms with Gasteiger partial charge in [-0.25, -0.2) is 0 Å². The molecule has 0 fully saturated rings. The van der Waals surface area contributed by atoms with Gasteiger partial charge in [-0.05, 0) is 29.8 Å². The smallest absolute Gasteiger partial charge is 0.142 e. The van der Waals surface area contributed by atoms with Crippen LogP contribution in [0, 0.1) is 11.3 Å². The number of hydrogen-bond donors (Lipinski definition) is 1. The van der Waals surface area contributed by atoms with Gasteiger partial charge < -0.3 is 10.5 Å². The Morgan fingerprint density at radius 3 is 2.95 bits per heavy atom. The van der Waals surface area contributed by atoms with Crippen LogP contribution in [0.3, 0.4) is 0 Å². The van der Waals surface area contributed by atoms with E-state index in [-0.39, 0.29) is 0 Å². The van der Waals surface area contributed by atoms with Crippen LogP contribution in [0.15, 0.2) is 47.4 Å². The zero-order valence-corrected chi connectivity index (χ0v) is 11.7. The highest BCUT2D eigenvalue weighted by Crippen LogP contribution is 2.39. The summed E-state index contributed by atoms with van der Waals surface area (Å²) in [6.45, 7) is 0.611. The van der Waals surface area contributed by atoms with Crippen LogP contribution in [0.2, 0.25) is 0 Å². The average molecular weight is 282 g/mol. The average Bonchev–Trinajstić information content (AvgIpc) is 2.89. The molecule has 0 radical (unpaired) electrons. The van der Waals surface area contributed by atoms with E-state index in [1.807, 2.05) is 11.8 Å². The number of benzene rings is 2. The van der Waals surface area contributed by atoms with Crippen molar-refractivity contribution in [3.63, 3.8) is 0 Å². The maximum absolute atomic E-state index is 8.82. The quantitative estimate of drug-likeness (QED) is 0.876. The number of nitrogen functional groups attached to an aromatic ring is 1. The van der Waals surface area contributed by atoms with E-state index >= 15 is 0 Å². The minimum atomic E-state index is 0.395. The predicted molar refractivity (Wildman–Crippen MR) is 81.0 cm³/mol. The van der Waals surface area contributed by atoms with Crippen LogP contribution in [0.4, 0.5) is 5.69 Å². The first-order valence-corrected chi connectivity index (χ1v) is 7.40. The van der Waals surface area contributed by atoms with Crippen LogP contribution in [0.25, 0.3) is 0 Å². The van der Waals surface area contributed by atoms with Crippen LogP contribution in [-0.4, -0.2) is 12.4 Å². The molecule has 1 heterocycles. The second kappa shape index (κ2) is 5.48. The van der Waals surface area contributed by atoms with Crippen molar-refractivity contribution in [2.45, 2.75) is 10.8 Å². The number of nitriles is 1. The molecule has 3 rings (SSSR count). The van der Waals surface area contributed by atoms with Gasteiger partial charge in [0, 0.05) is 16.6 Å². The van der Waals surface area contributed by atoms with Crippen LogP contribution in [0.1, 0.15) is 17.0 Å². The summed E-state index contributed by atoms with van der Waals surface area (Å²) in [6.07, 6.45) is 0. The zero-order valence-electron chi connectivity index (χ0n) is 10.9. The molecule has 3 nitrogen and oxygen atoms in total. The number of nitrogens with zero attached hydrogens (tertiary/aromatic N) is 1. The van der Waals surface area contributed by atoms with Crippen molar-refractivity contribution in [1.29, 1.82) is 5.26 Å².